The highest BCUT2D eigenvalue weighted by atomic mass is 79.9. The third-order valence-corrected chi connectivity index (χ3v) is 2.83. The summed E-state index contributed by atoms with van der Waals surface area (Å²) in [5, 5.41) is 6.29. The highest BCUT2D eigenvalue weighted by Crippen LogP contribution is 2.15. The van der Waals surface area contributed by atoms with Crippen molar-refractivity contribution in [2.45, 2.75) is 0 Å². The third-order valence-electron chi connectivity index (χ3n) is 2.30. The smallest absolute Gasteiger partial charge is 0.191 e. The average molecular weight is 330 g/mol. The molecule has 0 saturated heterocycles. The molecule has 2 N–H and O–H groups in total. The second-order valence-corrected chi connectivity index (χ2v) is 4.64. The zero-order valence-corrected chi connectivity index (χ0v) is 12.9. The van der Waals surface area contributed by atoms with E-state index in [1.54, 1.807) is 14.2 Å². The minimum absolute atomic E-state index is 0.576. The van der Waals surface area contributed by atoms with E-state index in [4.69, 9.17) is 9.47 Å². The fourth-order valence-corrected chi connectivity index (χ4v) is 1.63. The van der Waals surface area contributed by atoms with E-state index in [0.29, 0.717) is 19.8 Å². The largest absolute Gasteiger partial charge is 0.492 e. The minimum Gasteiger partial charge on any atom is -0.492 e. The lowest BCUT2D eigenvalue weighted by Crippen LogP contribution is -2.40. The Labute approximate surface area is 122 Å². The molecule has 106 valence electrons. The fourth-order valence-electron chi connectivity index (χ4n) is 1.36. The van der Waals surface area contributed by atoms with E-state index in [-0.39, 0.29) is 0 Å². The molecule has 0 aromatic heterocycles. The Morgan fingerprint density at radius 2 is 1.79 bits per heavy atom. The van der Waals surface area contributed by atoms with Gasteiger partial charge in [0.05, 0.1) is 13.2 Å². The molecule has 0 aliphatic carbocycles. The molecule has 0 fully saturated rings. The Kier molecular flexibility index (Phi) is 8.00. The van der Waals surface area contributed by atoms with Crippen LogP contribution in [0, 0.1) is 0 Å². The number of ether oxygens (including phenoxy) is 2. The molecule has 0 spiro atoms. The van der Waals surface area contributed by atoms with Crippen molar-refractivity contribution in [1.82, 2.24) is 10.6 Å². The molecule has 1 aromatic rings. The Morgan fingerprint density at radius 3 is 2.37 bits per heavy atom. The summed E-state index contributed by atoms with van der Waals surface area (Å²) < 4.78 is 11.6. The van der Waals surface area contributed by atoms with Crippen molar-refractivity contribution >= 4 is 21.9 Å². The van der Waals surface area contributed by atoms with E-state index in [0.717, 1.165) is 22.7 Å². The Bertz CT molecular complexity index is 382. The van der Waals surface area contributed by atoms with Crippen LogP contribution in [0.25, 0.3) is 0 Å². The maximum absolute atomic E-state index is 5.59. The van der Waals surface area contributed by atoms with Crippen molar-refractivity contribution in [3.8, 4) is 5.75 Å². The maximum atomic E-state index is 5.59. The van der Waals surface area contributed by atoms with Crippen LogP contribution in [0.2, 0.25) is 0 Å². The maximum Gasteiger partial charge on any atom is 0.191 e. The van der Waals surface area contributed by atoms with E-state index in [2.05, 4.69) is 31.6 Å². The van der Waals surface area contributed by atoms with E-state index in [9.17, 15) is 0 Å². The topological polar surface area (TPSA) is 54.9 Å². The number of methoxy groups -OCH3 is 1. The van der Waals surface area contributed by atoms with Gasteiger partial charge < -0.3 is 20.1 Å². The van der Waals surface area contributed by atoms with Crippen LogP contribution < -0.4 is 15.4 Å². The molecule has 5 nitrogen and oxygen atoms in total. The summed E-state index contributed by atoms with van der Waals surface area (Å²) in [4.78, 5) is 4.09. The summed E-state index contributed by atoms with van der Waals surface area (Å²) >= 11 is 3.38. The standard InChI is InChI=1S/C13H20BrN3O2/c1-15-13(16-7-9-18-2)17-8-10-19-12-5-3-11(14)4-6-12/h3-6H,7-10H2,1-2H3,(H2,15,16,17). The van der Waals surface area contributed by atoms with Gasteiger partial charge in [0.1, 0.15) is 12.4 Å². The first-order chi connectivity index (χ1) is 9.26. The van der Waals surface area contributed by atoms with Crippen LogP contribution in [-0.2, 0) is 4.74 Å². The summed E-state index contributed by atoms with van der Waals surface area (Å²) in [5.41, 5.74) is 0. The highest BCUT2D eigenvalue weighted by Gasteiger charge is 1.97. The van der Waals surface area contributed by atoms with Gasteiger partial charge in [-0.25, -0.2) is 0 Å². The summed E-state index contributed by atoms with van der Waals surface area (Å²) in [6, 6.07) is 7.76. The van der Waals surface area contributed by atoms with Crippen LogP contribution >= 0.6 is 15.9 Å². The van der Waals surface area contributed by atoms with Crippen LogP contribution in [0.3, 0.4) is 0 Å². The van der Waals surface area contributed by atoms with Gasteiger partial charge in [-0.3, -0.25) is 4.99 Å². The number of hydrogen-bond donors (Lipinski definition) is 2. The Morgan fingerprint density at radius 1 is 1.16 bits per heavy atom. The van der Waals surface area contributed by atoms with Crippen LogP contribution in [0.5, 0.6) is 5.75 Å². The normalized spacial score (nSPS) is 11.2. The number of guanidine groups is 1. The van der Waals surface area contributed by atoms with Gasteiger partial charge in [0, 0.05) is 25.2 Å². The molecule has 0 heterocycles. The molecule has 0 unspecified atom stereocenters. The van der Waals surface area contributed by atoms with E-state index < -0.39 is 0 Å². The Hall–Kier alpha value is -1.27. The van der Waals surface area contributed by atoms with E-state index >= 15 is 0 Å². The molecular weight excluding hydrogens is 310 g/mol. The molecule has 0 saturated carbocycles. The quantitative estimate of drug-likeness (QED) is 0.453. The van der Waals surface area contributed by atoms with Crippen LogP contribution in [0.1, 0.15) is 0 Å². The molecular formula is C13H20BrN3O2. The molecule has 0 aliphatic rings. The van der Waals surface area contributed by atoms with E-state index in [1.807, 2.05) is 24.3 Å². The van der Waals surface area contributed by atoms with Crippen molar-refractivity contribution in [2.75, 3.05) is 40.5 Å². The molecule has 0 radical (unpaired) electrons. The van der Waals surface area contributed by atoms with Gasteiger partial charge in [-0.05, 0) is 24.3 Å². The summed E-state index contributed by atoms with van der Waals surface area (Å²) in [5.74, 6) is 1.60. The molecule has 0 amide bonds. The molecule has 0 aliphatic heterocycles. The third kappa shape index (κ3) is 7.03. The number of hydrogen-bond acceptors (Lipinski definition) is 3. The molecule has 0 atom stereocenters. The average Bonchev–Trinajstić information content (AvgIpc) is 2.43. The number of nitrogens with one attached hydrogen (secondary N) is 2. The van der Waals surface area contributed by atoms with Gasteiger partial charge in [-0.2, -0.15) is 0 Å². The zero-order chi connectivity index (χ0) is 13.9. The monoisotopic (exact) mass is 329 g/mol. The summed E-state index contributed by atoms with van der Waals surface area (Å²) in [6.07, 6.45) is 0. The van der Waals surface area contributed by atoms with Crippen LogP contribution in [0.4, 0.5) is 0 Å². The summed E-state index contributed by atoms with van der Waals surface area (Å²) in [6.45, 7) is 2.63. The summed E-state index contributed by atoms with van der Waals surface area (Å²) in [7, 11) is 3.40. The van der Waals surface area contributed by atoms with Crippen molar-refractivity contribution in [1.29, 1.82) is 0 Å². The number of rotatable bonds is 7. The van der Waals surface area contributed by atoms with Gasteiger partial charge in [0.25, 0.3) is 0 Å². The lowest BCUT2D eigenvalue weighted by molar-refractivity contribution is 0.203. The number of aliphatic imine (C=N–C) groups is 1. The highest BCUT2D eigenvalue weighted by molar-refractivity contribution is 9.10. The van der Waals surface area contributed by atoms with Crippen molar-refractivity contribution in [3.63, 3.8) is 0 Å². The first-order valence-electron chi connectivity index (χ1n) is 6.08. The van der Waals surface area contributed by atoms with Crippen molar-refractivity contribution in [2.24, 2.45) is 4.99 Å². The lowest BCUT2D eigenvalue weighted by atomic mass is 10.3. The predicted octanol–water partition coefficient (Wildman–Crippen LogP) is 1.64. The second kappa shape index (κ2) is 9.63. The van der Waals surface area contributed by atoms with Gasteiger partial charge in [-0.1, -0.05) is 15.9 Å². The second-order valence-electron chi connectivity index (χ2n) is 3.72. The molecule has 1 rings (SSSR count). The first kappa shape index (κ1) is 15.8. The van der Waals surface area contributed by atoms with Gasteiger partial charge >= 0.3 is 0 Å². The van der Waals surface area contributed by atoms with Gasteiger partial charge in [0.15, 0.2) is 5.96 Å². The molecule has 19 heavy (non-hydrogen) atoms. The number of halogens is 1. The van der Waals surface area contributed by atoms with Crippen molar-refractivity contribution in [3.05, 3.63) is 28.7 Å². The van der Waals surface area contributed by atoms with Crippen molar-refractivity contribution < 1.29 is 9.47 Å². The molecule has 0 bridgehead atoms. The number of nitrogens with zero attached hydrogens (tertiary/aromatic N) is 1. The predicted molar refractivity (Wildman–Crippen MR) is 80.9 cm³/mol. The SMILES string of the molecule is CN=C(NCCOC)NCCOc1ccc(Br)cc1. The van der Waals surface area contributed by atoms with Gasteiger partial charge in [-0.15, -0.1) is 0 Å². The molecule has 1 aromatic carbocycles. The van der Waals surface area contributed by atoms with E-state index in [1.165, 1.54) is 0 Å². The van der Waals surface area contributed by atoms with Crippen LogP contribution in [-0.4, -0.2) is 46.4 Å². The fraction of sp³-hybridized carbons (Fsp3) is 0.462. The Balaban J connectivity index is 2.16. The first-order valence-corrected chi connectivity index (χ1v) is 6.87. The van der Waals surface area contributed by atoms with Crippen LogP contribution in [0.15, 0.2) is 33.7 Å². The van der Waals surface area contributed by atoms with Gasteiger partial charge in [0.2, 0.25) is 0 Å². The lowest BCUT2D eigenvalue weighted by Gasteiger charge is -2.12. The minimum atomic E-state index is 0.576. The zero-order valence-electron chi connectivity index (χ0n) is 11.3. The number of benzene rings is 1. The molecule has 6 heteroatoms.